The molecule has 0 aromatic heterocycles. The van der Waals surface area contributed by atoms with Crippen molar-refractivity contribution < 1.29 is 9.90 Å². The van der Waals surface area contributed by atoms with Gasteiger partial charge in [-0.15, -0.1) is 11.8 Å². The van der Waals surface area contributed by atoms with Gasteiger partial charge in [-0.05, 0) is 18.6 Å². The highest BCUT2D eigenvalue weighted by Gasteiger charge is 2.43. The van der Waals surface area contributed by atoms with Crippen LogP contribution in [0.1, 0.15) is 6.42 Å². The minimum atomic E-state index is -0.659. The van der Waals surface area contributed by atoms with Crippen molar-refractivity contribution in [1.82, 2.24) is 0 Å². The van der Waals surface area contributed by atoms with Crippen LogP contribution in [0.2, 0.25) is 0 Å². The van der Waals surface area contributed by atoms with Gasteiger partial charge in [0.1, 0.15) is 0 Å². The molecule has 1 aromatic rings. The third kappa shape index (κ3) is 2.04. The first kappa shape index (κ1) is 8.63. The molecule has 0 aliphatic heterocycles. The molecule has 0 bridgehead atoms. The second kappa shape index (κ2) is 3.42. The number of benzene rings is 1. The van der Waals surface area contributed by atoms with Crippen LogP contribution in [0, 0.1) is 5.92 Å². The van der Waals surface area contributed by atoms with E-state index in [-0.39, 0.29) is 5.92 Å². The molecule has 0 saturated heterocycles. The summed E-state index contributed by atoms with van der Waals surface area (Å²) in [5, 5.41) is 8.98. The van der Waals surface area contributed by atoms with Gasteiger partial charge in [-0.1, -0.05) is 18.2 Å². The summed E-state index contributed by atoms with van der Waals surface area (Å²) in [4.78, 5) is 11.7. The summed E-state index contributed by atoms with van der Waals surface area (Å²) >= 11 is 1.67. The second-order valence-corrected chi connectivity index (χ2v) is 4.46. The molecule has 0 amide bonds. The Kier molecular flexibility index (Phi) is 2.27. The zero-order valence-corrected chi connectivity index (χ0v) is 7.83. The van der Waals surface area contributed by atoms with E-state index in [4.69, 9.17) is 5.11 Å². The minimum Gasteiger partial charge on any atom is -0.481 e. The molecule has 2 nitrogen and oxygen atoms in total. The SMILES string of the molecule is O=C(O)[C@H]1C[C@@H]1Sc1ccccc1. The molecule has 3 heteroatoms. The smallest absolute Gasteiger partial charge is 0.307 e. The van der Waals surface area contributed by atoms with Gasteiger partial charge in [-0.2, -0.15) is 0 Å². The van der Waals surface area contributed by atoms with Crippen LogP contribution in [0.5, 0.6) is 0 Å². The number of rotatable bonds is 3. The average Bonchev–Trinajstić information content (AvgIpc) is 2.86. The van der Waals surface area contributed by atoms with Gasteiger partial charge >= 0.3 is 5.97 Å². The molecule has 0 spiro atoms. The van der Waals surface area contributed by atoms with E-state index in [1.54, 1.807) is 11.8 Å². The third-order valence-corrected chi connectivity index (χ3v) is 3.45. The molecule has 1 aromatic carbocycles. The van der Waals surface area contributed by atoms with Crippen molar-refractivity contribution in [3.8, 4) is 0 Å². The van der Waals surface area contributed by atoms with Gasteiger partial charge in [0.2, 0.25) is 0 Å². The van der Waals surface area contributed by atoms with E-state index in [0.717, 1.165) is 11.3 Å². The Bertz CT molecular complexity index is 310. The van der Waals surface area contributed by atoms with Gasteiger partial charge in [0, 0.05) is 10.1 Å². The van der Waals surface area contributed by atoms with Crippen LogP contribution < -0.4 is 0 Å². The maximum Gasteiger partial charge on any atom is 0.307 e. The highest BCUT2D eigenvalue weighted by Crippen LogP contribution is 2.45. The maximum atomic E-state index is 10.5. The Labute approximate surface area is 81.0 Å². The van der Waals surface area contributed by atoms with Gasteiger partial charge in [0.15, 0.2) is 0 Å². The first-order valence-corrected chi connectivity index (χ1v) is 5.10. The Balaban J connectivity index is 1.92. The van der Waals surface area contributed by atoms with Gasteiger partial charge in [-0.25, -0.2) is 0 Å². The summed E-state index contributed by atoms with van der Waals surface area (Å²) in [6, 6.07) is 9.94. The van der Waals surface area contributed by atoms with E-state index in [9.17, 15) is 4.79 Å². The molecule has 1 saturated carbocycles. The molecular formula is C10H10O2S. The molecule has 2 atom stereocenters. The van der Waals surface area contributed by atoms with Crippen molar-refractivity contribution in [2.24, 2.45) is 5.92 Å². The van der Waals surface area contributed by atoms with Gasteiger partial charge in [-0.3, -0.25) is 4.79 Å². The Morgan fingerprint density at radius 2 is 2.08 bits per heavy atom. The monoisotopic (exact) mass is 194 g/mol. The summed E-state index contributed by atoms with van der Waals surface area (Å²) in [5.74, 6) is -0.779. The Morgan fingerprint density at radius 3 is 2.62 bits per heavy atom. The number of carboxylic acid groups (broad SMARTS) is 1. The van der Waals surface area contributed by atoms with E-state index in [2.05, 4.69) is 0 Å². The molecule has 0 unspecified atom stereocenters. The number of thioether (sulfide) groups is 1. The lowest BCUT2D eigenvalue weighted by atomic mass is 10.4. The molecule has 1 N–H and O–H groups in total. The summed E-state index contributed by atoms with van der Waals surface area (Å²) in [7, 11) is 0. The fourth-order valence-electron chi connectivity index (χ4n) is 1.24. The van der Waals surface area contributed by atoms with Gasteiger partial charge < -0.3 is 5.11 Å². The average molecular weight is 194 g/mol. The summed E-state index contributed by atoms with van der Waals surface area (Å²) in [6.45, 7) is 0. The van der Waals surface area contributed by atoms with Crippen molar-refractivity contribution in [3.05, 3.63) is 30.3 Å². The van der Waals surface area contributed by atoms with E-state index in [0.29, 0.717) is 5.25 Å². The second-order valence-electron chi connectivity index (χ2n) is 3.15. The van der Waals surface area contributed by atoms with Crippen LogP contribution in [0.15, 0.2) is 35.2 Å². The minimum absolute atomic E-state index is 0.120. The normalized spacial score (nSPS) is 25.5. The van der Waals surface area contributed by atoms with Crippen molar-refractivity contribution in [3.63, 3.8) is 0 Å². The Hall–Kier alpha value is -0.960. The van der Waals surface area contributed by atoms with Crippen molar-refractivity contribution >= 4 is 17.7 Å². The third-order valence-electron chi connectivity index (χ3n) is 2.08. The molecule has 1 aliphatic carbocycles. The molecule has 68 valence electrons. The molecule has 1 aliphatic rings. The van der Waals surface area contributed by atoms with Crippen molar-refractivity contribution in [1.29, 1.82) is 0 Å². The highest BCUT2D eigenvalue weighted by atomic mass is 32.2. The molecular weight excluding hydrogens is 184 g/mol. The van der Waals surface area contributed by atoms with Crippen LogP contribution in [0.25, 0.3) is 0 Å². The first-order valence-electron chi connectivity index (χ1n) is 4.22. The quantitative estimate of drug-likeness (QED) is 0.801. The molecule has 0 radical (unpaired) electrons. The maximum absolute atomic E-state index is 10.5. The number of carbonyl (C=O) groups is 1. The van der Waals surface area contributed by atoms with E-state index >= 15 is 0 Å². The lowest BCUT2D eigenvalue weighted by molar-refractivity contribution is -0.138. The fourth-order valence-corrected chi connectivity index (χ4v) is 2.48. The zero-order valence-electron chi connectivity index (χ0n) is 7.01. The van der Waals surface area contributed by atoms with Gasteiger partial charge in [0.25, 0.3) is 0 Å². The summed E-state index contributed by atoms with van der Waals surface area (Å²) in [6.07, 6.45) is 0.814. The van der Waals surface area contributed by atoms with Crippen LogP contribution in [-0.2, 0) is 4.79 Å². The predicted octanol–water partition coefficient (Wildman–Crippen LogP) is 2.25. The largest absolute Gasteiger partial charge is 0.481 e. The number of carboxylic acids is 1. The molecule has 1 fully saturated rings. The fraction of sp³-hybridized carbons (Fsp3) is 0.300. The van der Waals surface area contributed by atoms with Crippen molar-refractivity contribution in [2.75, 3.05) is 0 Å². The molecule has 2 rings (SSSR count). The number of aliphatic carboxylic acids is 1. The highest BCUT2D eigenvalue weighted by molar-refractivity contribution is 8.00. The lowest BCUT2D eigenvalue weighted by Crippen LogP contribution is -1.99. The topological polar surface area (TPSA) is 37.3 Å². The van der Waals surface area contributed by atoms with E-state index in [1.165, 1.54) is 0 Å². The van der Waals surface area contributed by atoms with Crippen molar-refractivity contribution in [2.45, 2.75) is 16.6 Å². The summed E-state index contributed by atoms with van der Waals surface area (Å²) < 4.78 is 0. The molecule has 13 heavy (non-hydrogen) atoms. The zero-order chi connectivity index (χ0) is 9.26. The Morgan fingerprint density at radius 1 is 1.38 bits per heavy atom. The van der Waals surface area contributed by atoms with Crippen LogP contribution in [0.3, 0.4) is 0 Å². The van der Waals surface area contributed by atoms with Crippen LogP contribution in [-0.4, -0.2) is 16.3 Å². The first-order chi connectivity index (χ1) is 6.27. The number of hydrogen-bond donors (Lipinski definition) is 1. The lowest BCUT2D eigenvalue weighted by Gasteiger charge is -1.97. The van der Waals surface area contributed by atoms with Gasteiger partial charge in [0.05, 0.1) is 5.92 Å². The van der Waals surface area contributed by atoms with E-state index in [1.807, 2.05) is 30.3 Å². The molecule has 0 heterocycles. The van der Waals surface area contributed by atoms with Crippen LogP contribution >= 0.6 is 11.8 Å². The summed E-state index contributed by atoms with van der Waals surface area (Å²) in [5.41, 5.74) is 0. The predicted molar refractivity (Wildman–Crippen MR) is 51.8 cm³/mol. The number of hydrogen-bond acceptors (Lipinski definition) is 2. The van der Waals surface area contributed by atoms with Crippen LogP contribution in [0.4, 0.5) is 0 Å². The standard InChI is InChI=1S/C10H10O2S/c11-10(12)8-6-9(8)13-7-4-2-1-3-5-7/h1-5,8-9H,6H2,(H,11,12)/t8-,9-/m0/s1. The van der Waals surface area contributed by atoms with E-state index < -0.39 is 5.97 Å².